The number of aromatic nitrogens is 2. The summed E-state index contributed by atoms with van der Waals surface area (Å²) in [4.78, 5) is 29.9. The van der Waals surface area contributed by atoms with Crippen LogP contribution in [-0.4, -0.2) is 15.9 Å². The van der Waals surface area contributed by atoms with E-state index in [1.165, 1.54) is 18.5 Å². The summed E-state index contributed by atoms with van der Waals surface area (Å²) in [5, 5.41) is 2.65. The monoisotopic (exact) mass is 329 g/mol. The van der Waals surface area contributed by atoms with Gasteiger partial charge in [-0.2, -0.15) is 0 Å². The molecule has 0 aliphatic rings. The van der Waals surface area contributed by atoms with E-state index in [1.807, 2.05) is 30.3 Å². The van der Waals surface area contributed by atoms with Gasteiger partial charge in [-0.25, -0.2) is 4.98 Å². The fourth-order valence-corrected chi connectivity index (χ4v) is 2.13. The maximum Gasteiger partial charge on any atom is 0.266 e. The molecule has 0 radical (unpaired) electrons. The first-order valence-corrected chi connectivity index (χ1v) is 7.17. The lowest BCUT2D eigenvalue weighted by Crippen LogP contribution is -2.24. The normalized spacial score (nSPS) is 10.5. The zero-order chi connectivity index (χ0) is 16.2. The van der Waals surface area contributed by atoms with Crippen molar-refractivity contribution in [1.29, 1.82) is 0 Å². The Labute approximate surface area is 136 Å². The zero-order valence-corrected chi connectivity index (χ0v) is 12.6. The molecule has 7 heteroatoms. The second kappa shape index (κ2) is 6.50. The number of amides is 1. The fourth-order valence-electron chi connectivity index (χ4n) is 1.96. The van der Waals surface area contributed by atoms with Crippen LogP contribution in [0.1, 0.15) is 16.1 Å². The number of carbonyl (C=O) groups is 1. The highest BCUT2D eigenvalue weighted by Crippen LogP contribution is 2.17. The molecule has 116 valence electrons. The maximum absolute atomic E-state index is 12.0. The molecule has 0 atom stereocenters. The number of rotatable bonds is 4. The molecule has 0 unspecified atom stereocenters. The molecule has 3 aromatic rings. The van der Waals surface area contributed by atoms with Crippen molar-refractivity contribution in [2.24, 2.45) is 0 Å². The number of carbonyl (C=O) groups excluding carboxylic acids is 1. The molecule has 0 saturated heterocycles. The van der Waals surface area contributed by atoms with E-state index in [-0.39, 0.29) is 23.0 Å². The van der Waals surface area contributed by atoms with Crippen molar-refractivity contribution in [1.82, 2.24) is 15.3 Å². The number of oxazole rings is 1. The second-order valence-electron chi connectivity index (χ2n) is 4.76. The topological polar surface area (TPSA) is 88.0 Å². The van der Waals surface area contributed by atoms with Gasteiger partial charge in [0, 0.05) is 11.8 Å². The van der Waals surface area contributed by atoms with E-state index in [9.17, 15) is 9.59 Å². The maximum atomic E-state index is 12.0. The van der Waals surface area contributed by atoms with E-state index in [0.29, 0.717) is 11.6 Å². The molecule has 0 aliphatic heterocycles. The van der Waals surface area contributed by atoms with Gasteiger partial charge in [0.15, 0.2) is 0 Å². The van der Waals surface area contributed by atoms with Crippen LogP contribution in [0.15, 0.2) is 58.1 Å². The van der Waals surface area contributed by atoms with Crippen LogP contribution >= 0.6 is 11.6 Å². The van der Waals surface area contributed by atoms with Gasteiger partial charge in [0.05, 0.1) is 17.8 Å². The van der Waals surface area contributed by atoms with Gasteiger partial charge >= 0.3 is 0 Å². The minimum absolute atomic E-state index is 0.0366. The Morgan fingerprint density at radius 1 is 1.30 bits per heavy atom. The molecule has 0 bridgehead atoms. The summed E-state index contributed by atoms with van der Waals surface area (Å²) in [6, 6.07) is 10.8. The Balaban J connectivity index is 1.66. The minimum atomic E-state index is -0.438. The lowest BCUT2D eigenvalue weighted by molar-refractivity contribution is 0.0950. The summed E-state index contributed by atoms with van der Waals surface area (Å²) in [7, 11) is 0. The number of hydrogen-bond donors (Lipinski definition) is 2. The minimum Gasteiger partial charge on any atom is -0.444 e. The predicted molar refractivity (Wildman–Crippen MR) is 85.2 cm³/mol. The summed E-state index contributed by atoms with van der Waals surface area (Å²) in [5.74, 6) is 0.120. The first-order chi connectivity index (χ1) is 11.1. The van der Waals surface area contributed by atoms with Crippen molar-refractivity contribution in [2.75, 3.05) is 0 Å². The molecule has 23 heavy (non-hydrogen) atoms. The number of aromatic amines is 1. The molecule has 3 rings (SSSR count). The molecule has 0 fully saturated rings. The van der Waals surface area contributed by atoms with Gasteiger partial charge in [0.2, 0.25) is 5.89 Å². The number of pyridine rings is 1. The zero-order valence-electron chi connectivity index (χ0n) is 11.9. The van der Waals surface area contributed by atoms with Crippen LogP contribution in [0.4, 0.5) is 0 Å². The lowest BCUT2D eigenvalue weighted by atomic mass is 10.2. The van der Waals surface area contributed by atoms with E-state index < -0.39 is 5.56 Å². The Morgan fingerprint density at radius 3 is 2.83 bits per heavy atom. The Bertz CT molecular complexity index is 887. The van der Waals surface area contributed by atoms with Crippen LogP contribution in [0, 0.1) is 0 Å². The molecule has 0 saturated carbocycles. The number of benzene rings is 1. The van der Waals surface area contributed by atoms with E-state index in [2.05, 4.69) is 15.3 Å². The van der Waals surface area contributed by atoms with Gasteiger partial charge in [-0.15, -0.1) is 0 Å². The number of halogens is 1. The van der Waals surface area contributed by atoms with Crippen molar-refractivity contribution in [3.63, 3.8) is 0 Å². The molecule has 2 N–H and O–H groups in total. The summed E-state index contributed by atoms with van der Waals surface area (Å²) < 4.78 is 5.39. The Kier molecular flexibility index (Phi) is 4.25. The number of H-pyrrole nitrogens is 1. The van der Waals surface area contributed by atoms with Crippen molar-refractivity contribution >= 4 is 17.5 Å². The van der Waals surface area contributed by atoms with Gasteiger partial charge in [0.25, 0.3) is 11.5 Å². The average molecular weight is 330 g/mol. The largest absolute Gasteiger partial charge is 0.444 e. The Hall–Kier alpha value is -2.86. The van der Waals surface area contributed by atoms with E-state index in [1.54, 1.807) is 0 Å². The highest BCUT2D eigenvalue weighted by Gasteiger charge is 2.10. The molecule has 2 aromatic heterocycles. The highest BCUT2D eigenvalue weighted by molar-refractivity contribution is 6.30. The van der Waals surface area contributed by atoms with Gasteiger partial charge < -0.3 is 14.7 Å². The molecule has 2 heterocycles. The van der Waals surface area contributed by atoms with Gasteiger partial charge in [-0.1, -0.05) is 29.8 Å². The predicted octanol–water partition coefficient (Wildman–Crippen LogP) is 2.61. The average Bonchev–Trinajstić information content (AvgIpc) is 3.05. The van der Waals surface area contributed by atoms with Crippen LogP contribution in [0.5, 0.6) is 0 Å². The third-order valence-corrected chi connectivity index (χ3v) is 3.40. The first-order valence-electron chi connectivity index (χ1n) is 6.80. The summed E-state index contributed by atoms with van der Waals surface area (Å²) >= 11 is 5.70. The third-order valence-electron chi connectivity index (χ3n) is 3.12. The fraction of sp³-hybridized carbons (Fsp3) is 0.0625. The standard InChI is InChI=1S/C16H12ClN3O3/c17-13-6-11(7-18-15(13)22)14(21)19-8-12-9-23-16(20-12)10-4-2-1-3-5-10/h1-7,9H,8H2,(H,18,22)(H,19,21). The van der Waals surface area contributed by atoms with Crippen LogP contribution in [0.2, 0.25) is 5.02 Å². The summed E-state index contributed by atoms with van der Waals surface area (Å²) in [6.07, 6.45) is 2.80. The van der Waals surface area contributed by atoms with E-state index >= 15 is 0 Å². The van der Waals surface area contributed by atoms with Crippen LogP contribution in [0.25, 0.3) is 11.5 Å². The first kappa shape index (κ1) is 15.1. The van der Waals surface area contributed by atoms with Crippen LogP contribution < -0.4 is 10.9 Å². The second-order valence-corrected chi connectivity index (χ2v) is 5.17. The number of nitrogens with zero attached hydrogens (tertiary/aromatic N) is 1. The lowest BCUT2D eigenvalue weighted by Gasteiger charge is -2.02. The number of hydrogen-bond acceptors (Lipinski definition) is 4. The van der Waals surface area contributed by atoms with Gasteiger partial charge in [-0.3, -0.25) is 9.59 Å². The van der Waals surface area contributed by atoms with E-state index in [0.717, 1.165) is 5.56 Å². The van der Waals surface area contributed by atoms with Crippen molar-refractivity contribution in [2.45, 2.75) is 6.54 Å². The molecule has 6 nitrogen and oxygen atoms in total. The summed E-state index contributed by atoms with van der Waals surface area (Å²) in [6.45, 7) is 0.200. The smallest absolute Gasteiger partial charge is 0.266 e. The molecule has 1 aromatic carbocycles. The van der Waals surface area contributed by atoms with Crippen LogP contribution in [0.3, 0.4) is 0 Å². The molecule has 1 amide bonds. The SMILES string of the molecule is O=C(NCc1coc(-c2ccccc2)n1)c1c[nH]c(=O)c(Cl)c1. The van der Waals surface area contributed by atoms with Gasteiger partial charge in [-0.05, 0) is 18.2 Å². The van der Waals surface area contributed by atoms with E-state index in [4.69, 9.17) is 16.0 Å². The Morgan fingerprint density at radius 2 is 2.09 bits per heavy atom. The summed E-state index contributed by atoms with van der Waals surface area (Å²) in [5.41, 5.74) is 1.28. The molecule has 0 spiro atoms. The van der Waals surface area contributed by atoms with Gasteiger partial charge in [0.1, 0.15) is 11.3 Å². The van der Waals surface area contributed by atoms with Crippen molar-refractivity contribution in [3.8, 4) is 11.5 Å². The molecular formula is C16H12ClN3O3. The quantitative estimate of drug-likeness (QED) is 0.770. The molecule has 0 aliphatic carbocycles. The molecular weight excluding hydrogens is 318 g/mol. The van der Waals surface area contributed by atoms with Crippen molar-refractivity contribution < 1.29 is 9.21 Å². The van der Waals surface area contributed by atoms with Crippen LogP contribution in [-0.2, 0) is 6.54 Å². The number of nitrogens with one attached hydrogen (secondary N) is 2. The third kappa shape index (κ3) is 3.49. The highest BCUT2D eigenvalue weighted by atomic mass is 35.5. The van der Waals surface area contributed by atoms with Crippen molar-refractivity contribution in [3.05, 3.63) is 75.5 Å².